The van der Waals surface area contributed by atoms with Crippen molar-refractivity contribution in [2.24, 2.45) is 0 Å². The van der Waals surface area contributed by atoms with Crippen molar-refractivity contribution < 1.29 is 27.5 Å². The molecule has 1 atom stereocenters. The second-order valence-corrected chi connectivity index (χ2v) is 8.92. The highest BCUT2D eigenvalue weighted by Gasteiger charge is 2.22. The van der Waals surface area contributed by atoms with Gasteiger partial charge in [-0.15, -0.1) is 0 Å². The third-order valence-corrected chi connectivity index (χ3v) is 6.31. The van der Waals surface area contributed by atoms with Crippen molar-refractivity contribution >= 4 is 21.8 Å². The predicted octanol–water partition coefficient (Wildman–Crippen LogP) is 2.26. The van der Waals surface area contributed by atoms with E-state index in [1.807, 2.05) is 42.5 Å². The Balaban J connectivity index is 1.51. The van der Waals surface area contributed by atoms with Gasteiger partial charge in [-0.25, -0.2) is 8.42 Å². The number of nitrogens with one attached hydrogen (secondary N) is 3. The van der Waals surface area contributed by atoms with Gasteiger partial charge in [0.1, 0.15) is 11.5 Å². The molecule has 10 heteroatoms. The van der Waals surface area contributed by atoms with Crippen molar-refractivity contribution in [3.05, 3.63) is 78.9 Å². The average molecular weight is 484 g/mol. The van der Waals surface area contributed by atoms with Crippen molar-refractivity contribution in [1.82, 2.24) is 15.6 Å². The molecule has 9 nitrogen and oxygen atoms in total. The Hall–Kier alpha value is -3.89. The van der Waals surface area contributed by atoms with Gasteiger partial charge in [0.05, 0.1) is 18.0 Å². The summed E-state index contributed by atoms with van der Waals surface area (Å²) >= 11 is 0. The van der Waals surface area contributed by atoms with E-state index in [0.29, 0.717) is 11.5 Å². The van der Waals surface area contributed by atoms with Crippen LogP contribution < -0.4 is 25.0 Å². The SMILES string of the molecule is COc1ccc(S(=O)(=O)N[C@@H](C)C(=O)NNC(=O)COc2ccccc2-c2ccccc2)cc1. The molecule has 0 spiro atoms. The van der Waals surface area contributed by atoms with Crippen LogP contribution in [0.15, 0.2) is 83.8 Å². The highest BCUT2D eigenvalue weighted by atomic mass is 32.2. The summed E-state index contributed by atoms with van der Waals surface area (Å²) in [6.45, 7) is 1.01. The molecule has 2 amide bonds. The lowest BCUT2D eigenvalue weighted by molar-refractivity contribution is -0.130. The summed E-state index contributed by atoms with van der Waals surface area (Å²) in [7, 11) is -2.48. The van der Waals surface area contributed by atoms with Gasteiger partial charge in [-0.3, -0.25) is 20.4 Å². The van der Waals surface area contributed by atoms with Crippen molar-refractivity contribution in [1.29, 1.82) is 0 Å². The van der Waals surface area contributed by atoms with Crippen LogP contribution >= 0.6 is 0 Å². The van der Waals surface area contributed by atoms with E-state index < -0.39 is 27.9 Å². The lowest BCUT2D eigenvalue weighted by Gasteiger charge is -2.16. The van der Waals surface area contributed by atoms with E-state index in [4.69, 9.17) is 9.47 Å². The van der Waals surface area contributed by atoms with Crippen LogP contribution in [0, 0.1) is 0 Å². The second kappa shape index (κ2) is 11.3. The van der Waals surface area contributed by atoms with Crippen LogP contribution in [0.2, 0.25) is 0 Å². The molecule has 0 aromatic heterocycles. The zero-order chi connectivity index (χ0) is 24.6. The monoisotopic (exact) mass is 483 g/mol. The summed E-state index contributed by atoms with van der Waals surface area (Å²) in [6, 6.07) is 21.4. The number of carbonyl (C=O) groups is 2. The third-order valence-electron chi connectivity index (χ3n) is 4.75. The molecule has 0 heterocycles. The number of hydrazine groups is 1. The lowest BCUT2D eigenvalue weighted by Crippen LogP contribution is -2.51. The number of amides is 2. The van der Waals surface area contributed by atoms with Crippen LogP contribution in [-0.4, -0.2) is 40.0 Å². The molecule has 3 aromatic carbocycles. The Morgan fingerprint density at radius 2 is 1.53 bits per heavy atom. The Kier molecular flexibility index (Phi) is 8.23. The minimum Gasteiger partial charge on any atom is -0.497 e. The van der Waals surface area contributed by atoms with Gasteiger partial charge in [0, 0.05) is 5.56 Å². The first-order valence-electron chi connectivity index (χ1n) is 10.3. The maximum atomic E-state index is 12.5. The van der Waals surface area contributed by atoms with Crippen molar-refractivity contribution in [2.45, 2.75) is 17.9 Å². The third kappa shape index (κ3) is 6.56. The molecule has 0 saturated carbocycles. The number of sulfonamides is 1. The standard InChI is InChI=1S/C24H25N3O6S/c1-17(27-34(30,31)20-14-12-19(32-2)13-15-20)24(29)26-25-23(28)16-33-22-11-7-6-10-21(22)18-8-4-3-5-9-18/h3-15,17,27H,16H2,1-2H3,(H,25,28)(H,26,29)/t17-/m0/s1. The minimum atomic E-state index is -3.95. The fraction of sp³-hybridized carbons (Fsp3) is 0.167. The van der Waals surface area contributed by atoms with Crippen LogP contribution in [0.5, 0.6) is 11.5 Å². The van der Waals surface area contributed by atoms with Crippen LogP contribution in [0.25, 0.3) is 11.1 Å². The maximum Gasteiger partial charge on any atom is 0.276 e. The molecule has 0 aliphatic rings. The molecule has 0 bridgehead atoms. The zero-order valence-corrected chi connectivity index (χ0v) is 19.5. The summed E-state index contributed by atoms with van der Waals surface area (Å²) in [5.41, 5.74) is 6.17. The Bertz CT molecular complexity index is 1230. The molecule has 0 aliphatic carbocycles. The first-order chi connectivity index (χ1) is 16.3. The largest absolute Gasteiger partial charge is 0.497 e. The quantitative estimate of drug-likeness (QED) is 0.401. The Morgan fingerprint density at radius 3 is 2.21 bits per heavy atom. The second-order valence-electron chi connectivity index (χ2n) is 7.21. The average Bonchev–Trinajstić information content (AvgIpc) is 2.86. The molecule has 3 rings (SSSR count). The molecule has 0 aliphatic heterocycles. The van der Waals surface area contributed by atoms with Gasteiger partial charge in [0.2, 0.25) is 10.0 Å². The van der Waals surface area contributed by atoms with E-state index in [1.165, 1.54) is 38.3 Å². The number of methoxy groups -OCH3 is 1. The van der Waals surface area contributed by atoms with Gasteiger partial charge in [-0.2, -0.15) is 4.72 Å². The van der Waals surface area contributed by atoms with Crippen LogP contribution in [0.4, 0.5) is 0 Å². The van der Waals surface area contributed by atoms with Crippen molar-refractivity contribution in [3.63, 3.8) is 0 Å². The molecule has 0 fully saturated rings. The molecular weight excluding hydrogens is 458 g/mol. The van der Waals surface area contributed by atoms with Gasteiger partial charge in [-0.1, -0.05) is 48.5 Å². The lowest BCUT2D eigenvalue weighted by atomic mass is 10.1. The number of ether oxygens (including phenoxy) is 2. The van der Waals surface area contributed by atoms with Crippen LogP contribution in [0.3, 0.4) is 0 Å². The predicted molar refractivity (Wildman–Crippen MR) is 126 cm³/mol. The van der Waals surface area contributed by atoms with Crippen LogP contribution in [-0.2, 0) is 19.6 Å². The first kappa shape index (κ1) is 24.7. The van der Waals surface area contributed by atoms with E-state index >= 15 is 0 Å². The Labute approximate surface area is 198 Å². The normalized spacial score (nSPS) is 11.8. The van der Waals surface area contributed by atoms with E-state index in [-0.39, 0.29) is 11.5 Å². The summed E-state index contributed by atoms with van der Waals surface area (Å²) in [6.07, 6.45) is 0. The maximum absolute atomic E-state index is 12.5. The minimum absolute atomic E-state index is 0.0255. The number of benzene rings is 3. The molecule has 0 saturated heterocycles. The number of rotatable bonds is 9. The smallest absolute Gasteiger partial charge is 0.276 e. The molecule has 3 N–H and O–H groups in total. The summed E-state index contributed by atoms with van der Waals surface area (Å²) < 4.78 is 37.8. The molecule has 3 aromatic rings. The van der Waals surface area contributed by atoms with Crippen LogP contribution in [0.1, 0.15) is 6.92 Å². The molecule has 178 valence electrons. The number of carbonyl (C=O) groups excluding carboxylic acids is 2. The van der Waals surface area contributed by atoms with Gasteiger partial charge in [-0.05, 0) is 42.8 Å². The fourth-order valence-electron chi connectivity index (χ4n) is 2.98. The number of hydrogen-bond donors (Lipinski definition) is 3. The van der Waals surface area contributed by atoms with Gasteiger partial charge in [0.25, 0.3) is 11.8 Å². The van der Waals surface area contributed by atoms with E-state index in [1.54, 1.807) is 12.1 Å². The summed E-state index contributed by atoms with van der Waals surface area (Å²) in [5.74, 6) is -0.339. The summed E-state index contributed by atoms with van der Waals surface area (Å²) in [5, 5.41) is 0. The fourth-order valence-corrected chi connectivity index (χ4v) is 4.18. The topological polar surface area (TPSA) is 123 Å². The highest BCUT2D eigenvalue weighted by molar-refractivity contribution is 7.89. The molecular formula is C24H25N3O6S. The number of hydrogen-bond acceptors (Lipinski definition) is 6. The Morgan fingerprint density at radius 1 is 0.882 bits per heavy atom. The zero-order valence-electron chi connectivity index (χ0n) is 18.6. The van der Waals surface area contributed by atoms with E-state index in [2.05, 4.69) is 15.6 Å². The van der Waals surface area contributed by atoms with Gasteiger partial charge < -0.3 is 9.47 Å². The van der Waals surface area contributed by atoms with Crippen molar-refractivity contribution in [2.75, 3.05) is 13.7 Å². The number of para-hydroxylation sites is 1. The van der Waals surface area contributed by atoms with Gasteiger partial charge in [0.15, 0.2) is 6.61 Å². The van der Waals surface area contributed by atoms with Gasteiger partial charge >= 0.3 is 0 Å². The molecule has 34 heavy (non-hydrogen) atoms. The molecule has 0 unspecified atom stereocenters. The van der Waals surface area contributed by atoms with Crippen molar-refractivity contribution in [3.8, 4) is 22.6 Å². The molecule has 0 radical (unpaired) electrons. The summed E-state index contributed by atoms with van der Waals surface area (Å²) in [4.78, 5) is 24.4. The first-order valence-corrected chi connectivity index (χ1v) is 11.8. The van der Waals surface area contributed by atoms with E-state index in [0.717, 1.165) is 11.1 Å². The van der Waals surface area contributed by atoms with E-state index in [9.17, 15) is 18.0 Å². The highest BCUT2D eigenvalue weighted by Crippen LogP contribution is 2.29.